The highest BCUT2D eigenvalue weighted by Crippen LogP contribution is 2.26. The molecule has 1 saturated heterocycles. The first kappa shape index (κ1) is 17.1. The molecule has 0 bridgehead atoms. The number of piperazine rings is 1. The van der Waals surface area contributed by atoms with Crippen molar-refractivity contribution in [2.45, 2.75) is 20.3 Å². The summed E-state index contributed by atoms with van der Waals surface area (Å²) in [5, 5.41) is 0.658. The molecule has 0 saturated carbocycles. The van der Waals surface area contributed by atoms with Gasteiger partial charge in [-0.1, -0.05) is 43.1 Å². The number of amides is 2. The molecule has 2 rings (SSSR count). The van der Waals surface area contributed by atoms with E-state index in [2.05, 4.69) is 0 Å². The average molecular weight is 343 g/mol. The number of nitrogens with zero attached hydrogens (tertiary/aromatic N) is 2. The van der Waals surface area contributed by atoms with Crippen molar-refractivity contribution in [1.29, 1.82) is 0 Å². The van der Waals surface area contributed by atoms with Crippen LogP contribution in [0.1, 0.15) is 30.6 Å². The summed E-state index contributed by atoms with van der Waals surface area (Å²) in [6, 6.07) is 5.04. The Bertz CT molecular complexity index is 567. The Morgan fingerprint density at radius 2 is 1.68 bits per heavy atom. The van der Waals surface area contributed by atoms with Crippen molar-refractivity contribution in [2.24, 2.45) is 5.92 Å². The van der Waals surface area contributed by atoms with Gasteiger partial charge in [0.1, 0.15) is 0 Å². The van der Waals surface area contributed by atoms with Gasteiger partial charge >= 0.3 is 0 Å². The van der Waals surface area contributed by atoms with Crippen LogP contribution in [0.4, 0.5) is 0 Å². The zero-order valence-electron chi connectivity index (χ0n) is 12.8. The Balaban J connectivity index is 1.98. The first-order valence-corrected chi connectivity index (χ1v) is 8.16. The number of rotatable bonds is 3. The summed E-state index contributed by atoms with van der Waals surface area (Å²) < 4.78 is 0. The fourth-order valence-electron chi connectivity index (χ4n) is 2.48. The molecule has 0 aromatic heterocycles. The van der Waals surface area contributed by atoms with Gasteiger partial charge in [-0.3, -0.25) is 9.59 Å². The lowest BCUT2D eigenvalue weighted by molar-refractivity contribution is -0.133. The van der Waals surface area contributed by atoms with Gasteiger partial charge in [-0.25, -0.2) is 0 Å². The maximum absolute atomic E-state index is 12.5. The first-order valence-electron chi connectivity index (χ1n) is 7.41. The van der Waals surface area contributed by atoms with Gasteiger partial charge in [0.25, 0.3) is 5.91 Å². The second-order valence-electron chi connectivity index (χ2n) is 5.87. The largest absolute Gasteiger partial charge is 0.339 e. The third-order valence-electron chi connectivity index (χ3n) is 3.68. The maximum atomic E-state index is 12.5. The van der Waals surface area contributed by atoms with Crippen molar-refractivity contribution in [2.75, 3.05) is 26.2 Å². The molecule has 6 heteroatoms. The van der Waals surface area contributed by atoms with E-state index >= 15 is 0 Å². The predicted molar refractivity (Wildman–Crippen MR) is 88.4 cm³/mol. The van der Waals surface area contributed by atoms with Crippen molar-refractivity contribution in [1.82, 2.24) is 9.80 Å². The minimum absolute atomic E-state index is 0.136. The summed E-state index contributed by atoms with van der Waals surface area (Å²) in [6.45, 7) is 6.22. The third-order valence-corrected chi connectivity index (χ3v) is 4.50. The molecule has 0 unspecified atom stereocenters. The molecule has 0 radical (unpaired) electrons. The van der Waals surface area contributed by atoms with E-state index in [0.717, 1.165) is 0 Å². The number of carbonyl (C=O) groups is 2. The highest BCUT2D eigenvalue weighted by atomic mass is 35.5. The van der Waals surface area contributed by atoms with E-state index < -0.39 is 0 Å². The monoisotopic (exact) mass is 342 g/mol. The van der Waals surface area contributed by atoms with Crippen LogP contribution >= 0.6 is 23.2 Å². The van der Waals surface area contributed by atoms with Gasteiger partial charge in [-0.15, -0.1) is 0 Å². The predicted octanol–water partition coefficient (Wildman–Crippen LogP) is 3.32. The fraction of sp³-hybridized carbons (Fsp3) is 0.500. The smallest absolute Gasteiger partial charge is 0.255 e. The first-order chi connectivity index (χ1) is 10.4. The van der Waals surface area contributed by atoms with E-state index in [9.17, 15) is 9.59 Å². The molecule has 0 N–H and O–H groups in total. The van der Waals surface area contributed by atoms with Crippen LogP contribution in [0.2, 0.25) is 10.0 Å². The van der Waals surface area contributed by atoms with Crippen LogP contribution in [-0.4, -0.2) is 47.8 Å². The van der Waals surface area contributed by atoms with Crippen LogP contribution in [0.5, 0.6) is 0 Å². The van der Waals surface area contributed by atoms with Crippen LogP contribution < -0.4 is 0 Å². The minimum atomic E-state index is -0.136. The molecule has 1 aliphatic heterocycles. The number of hydrogen-bond acceptors (Lipinski definition) is 2. The lowest BCUT2D eigenvalue weighted by Crippen LogP contribution is -2.50. The third kappa shape index (κ3) is 3.93. The number of halogens is 2. The van der Waals surface area contributed by atoms with Crippen molar-refractivity contribution in [3.63, 3.8) is 0 Å². The van der Waals surface area contributed by atoms with Gasteiger partial charge < -0.3 is 9.80 Å². The number of benzene rings is 1. The summed E-state index contributed by atoms with van der Waals surface area (Å²) in [5.41, 5.74) is 0.413. The summed E-state index contributed by atoms with van der Waals surface area (Å²) in [5.74, 6) is 0.365. The van der Waals surface area contributed by atoms with Crippen LogP contribution in [-0.2, 0) is 4.79 Å². The Labute approximate surface area is 141 Å². The van der Waals surface area contributed by atoms with Crippen molar-refractivity contribution in [3.8, 4) is 0 Å². The van der Waals surface area contributed by atoms with Crippen LogP contribution in [0.25, 0.3) is 0 Å². The minimum Gasteiger partial charge on any atom is -0.339 e. The highest BCUT2D eigenvalue weighted by molar-refractivity contribution is 6.43. The van der Waals surface area contributed by atoms with Gasteiger partial charge in [-0.2, -0.15) is 0 Å². The molecule has 0 spiro atoms. The molecule has 1 fully saturated rings. The van der Waals surface area contributed by atoms with Gasteiger partial charge in [0.2, 0.25) is 5.91 Å². The van der Waals surface area contributed by atoms with Gasteiger partial charge in [0.05, 0.1) is 15.6 Å². The normalized spacial score (nSPS) is 15.3. The summed E-state index contributed by atoms with van der Waals surface area (Å²) >= 11 is 12.1. The SMILES string of the molecule is CC(C)CC(=O)N1CCN(C(=O)c2cccc(Cl)c2Cl)CC1. The fourth-order valence-corrected chi connectivity index (χ4v) is 2.86. The van der Waals surface area contributed by atoms with E-state index in [-0.39, 0.29) is 16.8 Å². The molecule has 1 aromatic rings. The zero-order chi connectivity index (χ0) is 16.3. The second-order valence-corrected chi connectivity index (χ2v) is 6.66. The maximum Gasteiger partial charge on any atom is 0.255 e. The molecule has 0 atom stereocenters. The molecule has 1 aromatic carbocycles. The van der Waals surface area contributed by atoms with Gasteiger partial charge in [0.15, 0.2) is 0 Å². The Kier molecular flexibility index (Phi) is 5.70. The van der Waals surface area contributed by atoms with Crippen molar-refractivity contribution in [3.05, 3.63) is 33.8 Å². The van der Waals surface area contributed by atoms with Gasteiger partial charge in [0, 0.05) is 32.6 Å². The van der Waals surface area contributed by atoms with E-state index in [1.54, 1.807) is 23.1 Å². The Morgan fingerprint density at radius 3 is 2.27 bits per heavy atom. The van der Waals surface area contributed by atoms with Crippen LogP contribution in [0.3, 0.4) is 0 Å². The molecule has 120 valence electrons. The molecule has 0 aliphatic carbocycles. The second kappa shape index (κ2) is 7.34. The lowest BCUT2D eigenvalue weighted by Gasteiger charge is -2.35. The molecular weight excluding hydrogens is 323 g/mol. The summed E-state index contributed by atoms with van der Waals surface area (Å²) in [6.07, 6.45) is 0.550. The zero-order valence-corrected chi connectivity index (χ0v) is 14.3. The van der Waals surface area contributed by atoms with E-state index in [0.29, 0.717) is 49.1 Å². The highest BCUT2D eigenvalue weighted by Gasteiger charge is 2.26. The van der Waals surface area contributed by atoms with E-state index in [1.807, 2.05) is 18.7 Å². The summed E-state index contributed by atoms with van der Waals surface area (Å²) in [7, 11) is 0. The molecular formula is C16H20Cl2N2O2. The van der Waals surface area contributed by atoms with Crippen LogP contribution in [0.15, 0.2) is 18.2 Å². The Morgan fingerprint density at radius 1 is 1.09 bits per heavy atom. The molecule has 22 heavy (non-hydrogen) atoms. The lowest BCUT2D eigenvalue weighted by atomic mass is 10.1. The van der Waals surface area contributed by atoms with Crippen LogP contribution in [0, 0.1) is 5.92 Å². The van der Waals surface area contributed by atoms with Gasteiger partial charge in [-0.05, 0) is 18.1 Å². The number of hydrogen-bond donors (Lipinski definition) is 0. The topological polar surface area (TPSA) is 40.6 Å². The number of carbonyl (C=O) groups excluding carboxylic acids is 2. The standard InChI is InChI=1S/C16H20Cl2N2O2/c1-11(2)10-14(21)19-6-8-20(9-7-19)16(22)12-4-3-5-13(17)15(12)18/h3-5,11H,6-10H2,1-2H3. The quantitative estimate of drug-likeness (QED) is 0.845. The summed E-state index contributed by atoms with van der Waals surface area (Å²) in [4.78, 5) is 28.1. The van der Waals surface area contributed by atoms with Crippen molar-refractivity contribution < 1.29 is 9.59 Å². The van der Waals surface area contributed by atoms with Crippen molar-refractivity contribution >= 4 is 35.0 Å². The molecule has 4 nitrogen and oxygen atoms in total. The molecule has 1 aliphatic rings. The molecule has 1 heterocycles. The molecule has 2 amide bonds. The average Bonchev–Trinajstić information content (AvgIpc) is 2.49. The van der Waals surface area contributed by atoms with E-state index in [1.165, 1.54) is 0 Å². The van der Waals surface area contributed by atoms with E-state index in [4.69, 9.17) is 23.2 Å². The Hall–Kier alpha value is -1.26.